The summed E-state index contributed by atoms with van der Waals surface area (Å²) >= 11 is 0. The lowest BCUT2D eigenvalue weighted by Gasteiger charge is -2.30. The molecule has 41 heavy (non-hydrogen) atoms. The first-order chi connectivity index (χ1) is 19.4. The SMILES string of the molecule is CCC(C)(C)c1ccc(OCC(=O)Nc2cc(C(=O)CC(=O)Nc3ccccc3)ccc2OC)c(C(C)(C)CC)c1. The molecule has 2 N–H and O–H groups in total. The lowest BCUT2D eigenvalue weighted by molar-refractivity contribution is -0.118. The predicted octanol–water partition coefficient (Wildman–Crippen LogP) is 7.30. The molecule has 7 nitrogen and oxygen atoms in total. The third kappa shape index (κ3) is 8.19. The van der Waals surface area contributed by atoms with Gasteiger partial charge < -0.3 is 20.1 Å². The van der Waals surface area contributed by atoms with Crippen LogP contribution in [0.1, 0.15) is 82.3 Å². The van der Waals surface area contributed by atoms with Crippen LogP contribution in [0.15, 0.2) is 66.7 Å². The van der Waals surface area contributed by atoms with E-state index in [1.807, 2.05) is 12.1 Å². The second kappa shape index (κ2) is 13.5. The lowest BCUT2D eigenvalue weighted by Crippen LogP contribution is -2.24. The van der Waals surface area contributed by atoms with Crippen molar-refractivity contribution in [2.45, 2.75) is 71.6 Å². The summed E-state index contributed by atoms with van der Waals surface area (Å²) in [6.45, 7) is 12.9. The van der Waals surface area contributed by atoms with E-state index in [0.717, 1.165) is 18.4 Å². The summed E-state index contributed by atoms with van der Waals surface area (Å²) < 4.78 is 11.4. The molecular weight excluding hydrogens is 516 g/mol. The first-order valence-corrected chi connectivity index (χ1v) is 14.0. The van der Waals surface area contributed by atoms with Crippen molar-refractivity contribution in [2.75, 3.05) is 24.4 Å². The number of ketones is 1. The molecule has 0 saturated heterocycles. The highest BCUT2D eigenvalue weighted by Crippen LogP contribution is 2.38. The van der Waals surface area contributed by atoms with E-state index in [-0.39, 0.29) is 35.2 Å². The van der Waals surface area contributed by atoms with Crippen LogP contribution < -0.4 is 20.1 Å². The summed E-state index contributed by atoms with van der Waals surface area (Å²) in [4.78, 5) is 38.2. The monoisotopic (exact) mass is 558 g/mol. The Kier molecular flexibility index (Phi) is 10.3. The predicted molar refractivity (Wildman–Crippen MR) is 164 cm³/mol. The van der Waals surface area contributed by atoms with Crippen molar-refractivity contribution in [3.8, 4) is 11.5 Å². The van der Waals surface area contributed by atoms with Crippen LogP contribution in [0.3, 0.4) is 0 Å². The van der Waals surface area contributed by atoms with Crippen molar-refractivity contribution in [1.82, 2.24) is 0 Å². The number of anilines is 2. The van der Waals surface area contributed by atoms with Gasteiger partial charge in [0.1, 0.15) is 11.5 Å². The Morgan fingerprint density at radius 1 is 0.756 bits per heavy atom. The van der Waals surface area contributed by atoms with Crippen molar-refractivity contribution < 1.29 is 23.9 Å². The molecule has 3 aromatic rings. The first-order valence-electron chi connectivity index (χ1n) is 14.0. The molecule has 0 heterocycles. The Morgan fingerprint density at radius 3 is 2.05 bits per heavy atom. The molecule has 0 bridgehead atoms. The number of hydrogen-bond donors (Lipinski definition) is 2. The minimum absolute atomic E-state index is 0.0235. The van der Waals surface area contributed by atoms with Crippen LogP contribution in [0, 0.1) is 0 Å². The zero-order valence-corrected chi connectivity index (χ0v) is 25.2. The number of amides is 2. The summed E-state index contributed by atoms with van der Waals surface area (Å²) in [6.07, 6.45) is 1.58. The highest BCUT2D eigenvalue weighted by atomic mass is 16.5. The molecule has 2 amide bonds. The number of para-hydroxylation sites is 1. The van der Waals surface area contributed by atoms with E-state index < -0.39 is 11.8 Å². The summed E-state index contributed by atoms with van der Waals surface area (Å²) in [6, 6.07) is 19.8. The third-order valence-corrected chi connectivity index (χ3v) is 7.79. The Morgan fingerprint density at radius 2 is 1.41 bits per heavy atom. The van der Waals surface area contributed by atoms with E-state index in [2.05, 4.69) is 64.3 Å². The van der Waals surface area contributed by atoms with Crippen LogP contribution in [0.4, 0.5) is 11.4 Å². The Bertz CT molecular complexity index is 1380. The van der Waals surface area contributed by atoms with Gasteiger partial charge in [0.2, 0.25) is 5.91 Å². The van der Waals surface area contributed by atoms with E-state index in [9.17, 15) is 14.4 Å². The fraction of sp³-hybridized carbons (Fsp3) is 0.382. The molecule has 0 radical (unpaired) electrons. The first kappa shape index (κ1) is 31.4. The van der Waals surface area contributed by atoms with Gasteiger partial charge in [-0.05, 0) is 65.6 Å². The zero-order valence-electron chi connectivity index (χ0n) is 25.2. The highest BCUT2D eigenvalue weighted by molar-refractivity contribution is 6.11. The molecule has 0 aliphatic carbocycles. The van der Waals surface area contributed by atoms with Crippen molar-refractivity contribution in [1.29, 1.82) is 0 Å². The van der Waals surface area contributed by atoms with Crippen LogP contribution >= 0.6 is 0 Å². The molecule has 218 valence electrons. The largest absolute Gasteiger partial charge is 0.495 e. The van der Waals surface area contributed by atoms with Gasteiger partial charge >= 0.3 is 0 Å². The van der Waals surface area contributed by atoms with Gasteiger partial charge in [0.15, 0.2) is 12.4 Å². The molecule has 0 aromatic heterocycles. The average molecular weight is 559 g/mol. The minimum Gasteiger partial charge on any atom is -0.495 e. The van der Waals surface area contributed by atoms with E-state index in [0.29, 0.717) is 22.9 Å². The molecule has 0 aliphatic rings. The van der Waals surface area contributed by atoms with Gasteiger partial charge in [0.05, 0.1) is 19.2 Å². The van der Waals surface area contributed by atoms with Crippen molar-refractivity contribution >= 4 is 29.0 Å². The molecule has 0 fully saturated rings. The number of rotatable bonds is 13. The van der Waals surface area contributed by atoms with Gasteiger partial charge in [0.25, 0.3) is 5.91 Å². The molecule has 0 spiro atoms. The van der Waals surface area contributed by atoms with Crippen LogP contribution in [0.5, 0.6) is 11.5 Å². The number of ether oxygens (including phenoxy) is 2. The quantitative estimate of drug-likeness (QED) is 0.170. The third-order valence-electron chi connectivity index (χ3n) is 7.79. The second-order valence-corrected chi connectivity index (χ2v) is 11.5. The second-order valence-electron chi connectivity index (χ2n) is 11.5. The molecular formula is C34H42N2O5. The Labute approximate surface area is 243 Å². The summed E-state index contributed by atoms with van der Waals surface area (Å²) in [5, 5.41) is 5.50. The van der Waals surface area contributed by atoms with Crippen LogP contribution in [-0.4, -0.2) is 31.3 Å². The number of benzene rings is 3. The molecule has 3 rings (SSSR count). The number of hydrogen-bond acceptors (Lipinski definition) is 5. The van der Waals surface area contributed by atoms with Crippen molar-refractivity contribution in [3.05, 3.63) is 83.4 Å². The average Bonchev–Trinajstić information content (AvgIpc) is 2.96. The van der Waals surface area contributed by atoms with Gasteiger partial charge in [-0.3, -0.25) is 14.4 Å². The van der Waals surface area contributed by atoms with E-state index in [1.165, 1.54) is 18.7 Å². The molecule has 0 atom stereocenters. The fourth-order valence-electron chi connectivity index (χ4n) is 4.28. The minimum atomic E-state index is -0.421. The van der Waals surface area contributed by atoms with Crippen molar-refractivity contribution in [2.24, 2.45) is 0 Å². The maximum Gasteiger partial charge on any atom is 0.262 e. The zero-order chi connectivity index (χ0) is 30.2. The smallest absolute Gasteiger partial charge is 0.262 e. The van der Waals surface area contributed by atoms with Gasteiger partial charge in [-0.1, -0.05) is 71.9 Å². The van der Waals surface area contributed by atoms with Gasteiger partial charge in [-0.15, -0.1) is 0 Å². The van der Waals surface area contributed by atoms with Crippen LogP contribution in [-0.2, 0) is 20.4 Å². The molecule has 0 saturated carbocycles. The van der Waals surface area contributed by atoms with Crippen LogP contribution in [0.25, 0.3) is 0 Å². The van der Waals surface area contributed by atoms with E-state index >= 15 is 0 Å². The van der Waals surface area contributed by atoms with E-state index in [1.54, 1.807) is 36.4 Å². The molecule has 3 aromatic carbocycles. The Hall–Kier alpha value is -4.13. The van der Waals surface area contributed by atoms with Gasteiger partial charge in [-0.25, -0.2) is 0 Å². The van der Waals surface area contributed by atoms with Crippen molar-refractivity contribution in [3.63, 3.8) is 0 Å². The number of carbonyl (C=O) groups excluding carboxylic acids is 3. The van der Waals surface area contributed by atoms with E-state index in [4.69, 9.17) is 9.47 Å². The standard InChI is InChI=1S/C34H42N2O5/c1-8-33(3,4)24-16-18-29(26(20-24)34(5,6)9-2)41-22-32(39)36-27-19-23(15-17-30(27)40-7)28(37)21-31(38)35-25-13-11-10-12-14-25/h10-20H,8-9,21-22H2,1-7H3,(H,35,38)(H,36,39). The summed E-state index contributed by atoms with van der Waals surface area (Å²) in [7, 11) is 1.48. The molecule has 7 heteroatoms. The Balaban J connectivity index is 1.73. The maximum atomic E-state index is 13.0. The molecule has 0 aliphatic heterocycles. The fourth-order valence-corrected chi connectivity index (χ4v) is 4.28. The molecule has 0 unspecified atom stereocenters. The van der Waals surface area contributed by atoms with Crippen LogP contribution in [0.2, 0.25) is 0 Å². The number of carbonyl (C=O) groups is 3. The topological polar surface area (TPSA) is 93.7 Å². The highest BCUT2D eigenvalue weighted by Gasteiger charge is 2.27. The number of nitrogens with one attached hydrogen (secondary N) is 2. The summed E-state index contributed by atoms with van der Waals surface area (Å²) in [5.74, 6) is -0.136. The number of methoxy groups -OCH3 is 1. The maximum absolute atomic E-state index is 13.0. The van der Waals surface area contributed by atoms with Gasteiger partial charge in [-0.2, -0.15) is 0 Å². The van der Waals surface area contributed by atoms with Gasteiger partial charge in [0, 0.05) is 16.8 Å². The lowest BCUT2D eigenvalue weighted by atomic mass is 9.76. The number of Topliss-reactive ketones (excluding diaryl/α,β-unsaturated/α-hetero) is 1. The normalized spacial score (nSPS) is 11.5. The summed E-state index contributed by atoms with van der Waals surface area (Å²) in [5.41, 5.74) is 3.40.